The van der Waals surface area contributed by atoms with Crippen molar-refractivity contribution in [2.24, 2.45) is 0 Å². The molecule has 1 heterocycles. The maximum atomic E-state index is 12.5. The van der Waals surface area contributed by atoms with Crippen molar-refractivity contribution in [3.8, 4) is 0 Å². The number of benzene rings is 2. The van der Waals surface area contributed by atoms with Crippen LogP contribution in [0.5, 0.6) is 0 Å². The Bertz CT molecular complexity index is 1030. The Balaban J connectivity index is 1.75. The Morgan fingerprint density at radius 1 is 1.00 bits per heavy atom. The predicted octanol–water partition coefficient (Wildman–Crippen LogP) is 4.44. The fourth-order valence-electron chi connectivity index (χ4n) is 3.22. The molecule has 0 aliphatic heterocycles. The summed E-state index contributed by atoms with van der Waals surface area (Å²) in [5.41, 5.74) is 2.51. The highest BCUT2D eigenvalue weighted by Crippen LogP contribution is 2.23. The van der Waals surface area contributed by atoms with Crippen LogP contribution in [-0.4, -0.2) is 28.8 Å². The van der Waals surface area contributed by atoms with Gasteiger partial charge in [-0.25, -0.2) is 4.79 Å². The number of ether oxygens (including phenoxy) is 1. The number of Topliss-reactive ketones (excluding diaryl/α,β-unsaturated/α-hetero) is 1. The Labute approximate surface area is 169 Å². The van der Waals surface area contributed by atoms with Crippen LogP contribution in [0.25, 0.3) is 10.9 Å². The number of aromatic nitrogens is 1. The van der Waals surface area contributed by atoms with Gasteiger partial charge in [0.25, 0.3) is 0 Å². The van der Waals surface area contributed by atoms with E-state index in [2.05, 4.69) is 5.32 Å². The van der Waals surface area contributed by atoms with Crippen LogP contribution in [0.1, 0.15) is 47.4 Å². The zero-order valence-corrected chi connectivity index (χ0v) is 16.6. The molecule has 2 aromatic carbocycles. The third-order valence-electron chi connectivity index (χ3n) is 4.56. The number of nitrogens with zero attached hydrogens (tertiary/aromatic N) is 1. The zero-order chi connectivity index (χ0) is 20.8. The molecule has 29 heavy (non-hydrogen) atoms. The van der Waals surface area contributed by atoms with Crippen molar-refractivity contribution in [3.05, 3.63) is 65.9 Å². The second kappa shape index (κ2) is 9.19. The zero-order valence-electron chi connectivity index (χ0n) is 16.6. The second-order valence-electron chi connectivity index (χ2n) is 6.71. The number of rotatable bonds is 8. The van der Waals surface area contributed by atoms with Gasteiger partial charge < -0.3 is 14.6 Å². The number of hydrogen-bond donors (Lipinski definition) is 1. The van der Waals surface area contributed by atoms with Gasteiger partial charge in [-0.15, -0.1) is 0 Å². The molecule has 150 valence electrons. The Morgan fingerprint density at radius 3 is 2.41 bits per heavy atom. The smallest absolute Gasteiger partial charge is 0.338 e. The van der Waals surface area contributed by atoms with Crippen LogP contribution in [0.2, 0.25) is 0 Å². The number of carbonyl (C=O) groups excluding carboxylic acids is 3. The van der Waals surface area contributed by atoms with Crippen LogP contribution in [0, 0.1) is 0 Å². The Kier molecular flexibility index (Phi) is 6.44. The number of ketones is 1. The van der Waals surface area contributed by atoms with Gasteiger partial charge in [-0.2, -0.15) is 0 Å². The van der Waals surface area contributed by atoms with Crippen LogP contribution in [0.4, 0.5) is 5.69 Å². The van der Waals surface area contributed by atoms with Crippen LogP contribution in [0.3, 0.4) is 0 Å². The lowest BCUT2D eigenvalue weighted by Crippen LogP contribution is -2.18. The normalized spacial score (nSPS) is 10.7. The molecule has 0 radical (unpaired) electrons. The molecule has 0 aliphatic rings. The summed E-state index contributed by atoms with van der Waals surface area (Å²) in [7, 11) is 0. The van der Waals surface area contributed by atoms with E-state index in [0.29, 0.717) is 29.8 Å². The third kappa shape index (κ3) is 4.71. The summed E-state index contributed by atoms with van der Waals surface area (Å²) >= 11 is 0. The van der Waals surface area contributed by atoms with Gasteiger partial charge in [0.1, 0.15) is 6.54 Å². The van der Waals surface area contributed by atoms with Gasteiger partial charge in [-0.1, -0.05) is 25.1 Å². The SMILES string of the molecule is CCCC(=O)c1cn(CC(=O)Nc2ccc(C(=O)OCC)cc2)c2ccccc12. The van der Waals surface area contributed by atoms with Crippen molar-refractivity contribution in [2.45, 2.75) is 33.2 Å². The fraction of sp³-hybridized carbons (Fsp3) is 0.261. The minimum absolute atomic E-state index is 0.0809. The van der Waals surface area contributed by atoms with Crippen LogP contribution in [0.15, 0.2) is 54.7 Å². The van der Waals surface area contributed by atoms with Crippen molar-refractivity contribution in [3.63, 3.8) is 0 Å². The molecule has 1 N–H and O–H groups in total. The molecular weight excluding hydrogens is 368 g/mol. The monoisotopic (exact) mass is 392 g/mol. The lowest BCUT2D eigenvalue weighted by atomic mass is 10.1. The third-order valence-corrected chi connectivity index (χ3v) is 4.56. The van der Waals surface area contributed by atoms with Gasteiger partial charge in [-0.3, -0.25) is 9.59 Å². The van der Waals surface area contributed by atoms with Crippen molar-refractivity contribution < 1.29 is 19.1 Å². The van der Waals surface area contributed by atoms with E-state index < -0.39 is 5.97 Å². The van der Waals surface area contributed by atoms with Gasteiger partial charge in [0.05, 0.1) is 12.2 Å². The first-order valence-corrected chi connectivity index (χ1v) is 9.71. The predicted molar refractivity (Wildman–Crippen MR) is 112 cm³/mol. The molecule has 0 saturated heterocycles. The molecule has 0 bridgehead atoms. The highest BCUT2D eigenvalue weighted by atomic mass is 16.5. The Hall–Kier alpha value is -3.41. The summed E-state index contributed by atoms with van der Waals surface area (Å²) in [6.45, 7) is 4.11. The Morgan fingerprint density at radius 2 is 1.72 bits per heavy atom. The standard InChI is InChI=1S/C23H24N2O4/c1-3-7-21(26)19-14-25(20-9-6-5-8-18(19)20)15-22(27)24-17-12-10-16(11-13-17)23(28)29-4-2/h5-6,8-14H,3-4,7,15H2,1-2H3,(H,24,27). The van der Waals surface area contributed by atoms with Gasteiger partial charge in [0, 0.05) is 34.8 Å². The summed E-state index contributed by atoms with van der Waals surface area (Å²) in [5, 5.41) is 3.68. The van der Waals surface area contributed by atoms with Crippen LogP contribution >= 0.6 is 0 Å². The minimum Gasteiger partial charge on any atom is -0.462 e. The number of nitrogens with one attached hydrogen (secondary N) is 1. The van der Waals surface area contributed by atoms with Gasteiger partial charge in [0.15, 0.2) is 5.78 Å². The first kappa shape index (κ1) is 20.3. The molecule has 0 saturated carbocycles. The van der Waals surface area contributed by atoms with Gasteiger partial charge >= 0.3 is 5.97 Å². The van der Waals surface area contributed by atoms with E-state index >= 15 is 0 Å². The molecular formula is C23H24N2O4. The van der Waals surface area contributed by atoms with E-state index in [1.54, 1.807) is 42.0 Å². The van der Waals surface area contributed by atoms with Crippen molar-refractivity contribution in [1.82, 2.24) is 4.57 Å². The van der Waals surface area contributed by atoms with Crippen molar-refractivity contribution in [1.29, 1.82) is 0 Å². The second-order valence-corrected chi connectivity index (χ2v) is 6.71. The number of carbonyl (C=O) groups is 3. The average Bonchev–Trinajstić information content (AvgIpc) is 3.07. The van der Waals surface area contributed by atoms with Crippen molar-refractivity contribution >= 4 is 34.3 Å². The van der Waals surface area contributed by atoms with Gasteiger partial charge in [0.2, 0.25) is 5.91 Å². The molecule has 1 amide bonds. The molecule has 0 fully saturated rings. The highest BCUT2D eigenvalue weighted by molar-refractivity contribution is 6.08. The average molecular weight is 392 g/mol. The molecule has 3 rings (SSSR count). The number of para-hydroxylation sites is 1. The molecule has 3 aromatic rings. The van der Waals surface area contributed by atoms with Gasteiger partial charge in [-0.05, 0) is 43.7 Å². The summed E-state index contributed by atoms with van der Waals surface area (Å²) in [6.07, 6.45) is 3.01. The molecule has 6 heteroatoms. The summed E-state index contributed by atoms with van der Waals surface area (Å²) < 4.78 is 6.74. The fourth-order valence-corrected chi connectivity index (χ4v) is 3.22. The topological polar surface area (TPSA) is 77.4 Å². The number of fused-ring (bicyclic) bond motifs is 1. The first-order valence-electron chi connectivity index (χ1n) is 9.71. The van der Waals surface area contributed by atoms with E-state index in [1.807, 2.05) is 31.2 Å². The minimum atomic E-state index is -0.395. The molecule has 6 nitrogen and oxygen atoms in total. The lowest BCUT2D eigenvalue weighted by Gasteiger charge is -2.08. The summed E-state index contributed by atoms with van der Waals surface area (Å²) in [4.78, 5) is 36.7. The van der Waals surface area contributed by atoms with E-state index in [-0.39, 0.29) is 18.2 Å². The van der Waals surface area contributed by atoms with E-state index in [0.717, 1.165) is 17.3 Å². The molecule has 0 atom stereocenters. The number of anilines is 1. The maximum Gasteiger partial charge on any atom is 0.338 e. The van der Waals surface area contributed by atoms with Crippen LogP contribution < -0.4 is 5.32 Å². The number of hydrogen-bond acceptors (Lipinski definition) is 4. The van der Waals surface area contributed by atoms with Crippen LogP contribution in [-0.2, 0) is 16.1 Å². The quantitative estimate of drug-likeness (QED) is 0.454. The highest BCUT2D eigenvalue weighted by Gasteiger charge is 2.16. The number of amides is 1. The molecule has 0 unspecified atom stereocenters. The number of esters is 1. The molecule has 1 aromatic heterocycles. The first-order chi connectivity index (χ1) is 14.0. The van der Waals surface area contributed by atoms with E-state index in [1.165, 1.54) is 0 Å². The summed E-state index contributed by atoms with van der Waals surface area (Å²) in [6, 6.07) is 14.1. The van der Waals surface area contributed by atoms with E-state index in [9.17, 15) is 14.4 Å². The molecule has 0 spiro atoms. The largest absolute Gasteiger partial charge is 0.462 e. The van der Waals surface area contributed by atoms with Crippen molar-refractivity contribution in [2.75, 3.05) is 11.9 Å². The summed E-state index contributed by atoms with van der Waals surface area (Å²) in [5.74, 6) is -0.532. The maximum absolute atomic E-state index is 12.5. The lowest BCUT2D eigenvalue weighted by molar-refractivity contribution is -0.116. The molecule has 0 aliphatic carbocycles. The van der Waals surface area contributed by atoms with E-state index in [4.69, 9.17) is 4.74 Å².